The van der Waals surface area contributed by atoms with Gasteiger partial charge in [0.1, 0.15) is 0 Å². The van der Waals surface area contributed by atoms with Crippen LogP contribution in [-0.2, 0) is 0 Å². The van der Waals surface area contributed by atoms with Crippen molar-refractivity contribution >= 4 is 18.5 Å². The highest BCUT2D eigenvalue weighted by atomic mass is 32.1. The molecule has 70 valence electrons. The van der Waals surface area contributed by atoms with Gasteiger partial charge in [-0.2, -0.15) is 12.6 Å². The van der Waals surface area contributed by atoms with Crippen molar-refractivity contribution in [2.24, 2.45) is 0 Å². The summed E-state index contributed by atoms with van der Waals surface area (Å²) >= 11 is 4.09. The number of nitrogens with one attached hydrogen (secondary N) is 1. The summed E-state index contributed by atoms with van der Waals surface area (Å²) in [6.45, 7) is 3.73. The number of hydrogen-bond acceptors (Lipinski definition) is 2. The summed E-state index contributed by atoms with van der Waals surface area (Å²) in [6.07, 6.45) is 0. The van der Waals surface area contributed by atoms with E-state index < -0.39 is 0 Å². The molecule has 0 spiro atoms. The van der Waals surface area contributed by atoms with Gasteiger partial charge in [-0.25, -0.2) is 0 Å². The summed E-state index contributed by atoms with van der Waals surface area (Å²) in [5, 5.41) is 2.61. The van der Waals surface area contributed by atoms with E-state index in [0.717, 1.165) is 5.56 Å². The minimum atomic E-state index is -0.118. The molecule has 3 heteroatoms. The molecule has 1 amide bonds. The Morgan fingerprint density at radius 3 is 2.62 bits per heavy atom. The number of aryl methyl sites for hydroxylation is 1. The van der Waals surface area contributed by atoms with E-state index in [1.54, 1.807) is 6.07 Å². The molecule has 1 rings (SSSR count). The third kappa shape index (κ3) is 2.77. The van der Waals surface area contributed by atoms with E-state index in [1.165, 1.54) is 0 Å². The average Bonchev–Trinajstić information content (AvgIpc) is 2.03. The summed E-state index contributed by atoms with van der Waals surface area (Å²) < 4.78 is 0. The molecule has 1 atom stereocenters. The molecule has 13 heavy (non-hydrogen) atoms. The number of rotatable bonds is 2. The van der Waals surface area contributed by atoms with Gasteiger partial charge >= 0.3 is 0 Å². The molecule has 0 aromatic heterocycles. The first-order valence-corrected chi connectivity index (χ1v) is 4.67. The Morgan fingerprint density at radius 1 is 1.46 bits per heavy atom. The molecule has 0 aliphatic carbocycles. The largest absolute Gasteiger partial charge is 0.341 e. The number of benzene rings is 1. The van der Waals surface area contributed by atoms with Crippen molar-refractivity contribution in [2.45, 2.75) is 19.2 Å². The zero-order valence-corrected chi connectivity index (χ0v) is 8.64. The van der Waals surface area contributed by atoms with Crippen LogP contribution in [0.15, 0.2) is 24.3 Å². The average molecular weight is 195 g/mol. The van der Waals surface area contributed by atoms with Crippen LogP contribution >= 0.6 is 12.6 Å². The fourth-order valence-corrected chi connectivity index (χ4v) is 1.21. The Labute approximate surface area is 83.8 Å². The van der Waals surface area contributed by atoms with E-state index in [-0.39, 0.29) is 11.3 Å². The standard InChI is InChI=1S/C10H13NOS/c1-7-5-3-4-6-9(7)10(12)11-8(2)13/h3-6,8,13H,1-2H3,(H,11,12). The van der Waals surface area contributed by atoms with E-state index in [0.29, 0.717) is 5.56 Å². The number of amides is 1. The molecule has 0 bridgehead atoms. The Kier molecular flexibility index (Phi) is 3.37. The van der Waals surface area contributed by atoms with Gasteiger partial charge in [-0.1, -0.05) is 18.2 Å². The van der Waals surface area contributed by atoms with Crippen molar-refractivity contribution in [3.8, 4) is 0 Å². The molecule has 0 saturated heterocycles. The highest BCUT2D eigenvalue weighted by Crippen LogP contribution is 2.06. The molecular formula is C10H13NOS. The van der Waals surface area contributed by atoms with Crippen LogP contribution in [0.25, 0.3) is 0 Å². The summed E-state index contributed by atoms with van der Waals surface area (Å²) in [6, 6.07) is 7.49. The van der Waals surface area contributed by atoms with E-state index in [4.69, 9.17) is 0 Å². The minimum Gasteiger partial charge on any atom is -0.341 e. The quantitative estimate of drug-likeness (QED) is 0.548. The van der Waals surface area contributed by atoms with Crippen molar-refractivity contribution < 1.29 is 4.79 Å². The Balaban J connectivity index is 2.83. The topological polar surface area (TPSA) is 29.1 Å². The van der Waals surface area contributed by atoms with E-state index in [2.05, 4.69) is 17.9 Å². The molecule has 0 saturated carbocycles. The van der Waals surface area contributed by atoms with Gasteiger partial charge in [0.15, 0.2) is 0 Å². The van der Waals surface area contributed by atoms with Gasteiger partial charge in [0.05, 0.1) is 5.37 Å². The van der Waals surface area contributed by atoms with Crippen molar-refractivity contribution in [3.05, 3.63) is 35.4 Å². The van der Waals surface area contributed by atoms with Crippen LogP contribution in [0.2, 0.25) is 0 Å². The first-order valence-electron chi connectivity index (χ1n) is 4.16. The highest BCUT2D eigenvalue weighted by molar-refractivity contribution is 7.80. The first kappa shape index (κ1) is 10.1. The van der Waals surface area contributed by atoms with Crippen molar-refractivity contribution in [1.82, 2.24) is 5.32 Å². The van der Waals surface area contributed by atoms with Gasteiger partial charge in [-0.3, -0.25) is 4.79 Å². The van der Waals surface area contributed by atoms with Gasteiger partial charge in [-0.15, -0.1) is 0 Å². The lowest BCUT2D eigenvalue weighted by molar-refractivity contribution is 0.0951. The van der Waals surface area contributed by atoms with Crippen LogP contribution in [-0.4, -0.2) is 11.3 Å². The maximum atomic E-state index is 11.5. The number of carbonyl (C=O) groups excluding carboxylic acids is 1. The summed E-state index contributed by atoms with van der Waals surface area (Å²) in [5.41, 5.74) is 1.69. The smallest absolute Gasteiger partial charge is 0.252 e. The highest BCUT2D eigenvalue weighted by Gasteiger charge is 2.08. The zero-order chi connectivity index (χ0) is 9.84. The predicted molar refractivity (Wildman–Crippen MR) is 57.1 cm³/mol. The molecule has 1 N–H and O–H groups in total. The second-order valence-electron chi connectivity index (χ2n) is 2.96. The molecule has 0 radical (unpaired) electrons. The van der Waals surface area contributed by atoms with Gasteiger partial charge in [0, 0.05) is 5.56 Å². The van der Waals surface area contributed by atoms with Crippen molar-refractivity contribution in [1.29, 1.82) is 0 Å². The van der Waals surface area contributed by atoms with Crippen molar-refractivity contribution in [2.75, 3.05) is 0 Å². The van der Waals surface area contributed by atoms with E-state index in [9.17, 15) is 4.79 Å². The lowest BCUT2D eigenvalue weighted by Crippen LogP contribution is -2.29. The predicted octanol–water partition coefficient (Wildman–Crippen LogP) is 2.00. The van der Waals surface area contributed by atoms with Gasteiger partial charge < -0.3 is 5.32 Å². The first-order chi connectivity index (χ1) is 6.11. The minimum absolute atomic E-state index is 0.0689. The van der Waals surface area contributed by atoms with Crippen LogP contribution in [0, 0.1) is 6.92 Å². The summed E-state index contributed by atoms with van der Waals surface area (Å²) in [5.74, 6) is -0.0689. The Hall–Kier alpha value is -0.960. The fraction of sp³-hybridized carbons (Fsp3) is 0.300. The van der Waals surface area contributed by atoms with Crippen LogP contribution in [0.1, 0.15) is 22.8 Å². The maximum Gasteiger partial charge on any atom is 0.252 e. The second-order valence-corrected chi connectivity index (χ2v) is 3.74. The second kappa shape index (κ2) is 4.33. The third-order valence-electron chi connectivity index (χ3n) is 1.73. The van der Waals surface area contributed by atoms with E-state index >= 15 is 0 Å². The maximum absolute atomic E-state index is 11.5. The van der Waals surface area contributed by atoms with Crippen LogP contribution in [0.3, 0.4) is 0 Å². The molecule has 0 fully saturated rings. The van der Waals surface area contributed by atoms with Gasteiger partial charge in [0.25, 0.3) is 5.91 Å². The molecule has 0 heterocycles. The zero-order valence-electron chi connectivity index (χ0n) is 7.74. The summed E-state index contributed by atoms with van der Waals surface area (Å²) in [4.78, 5) is 11.5. The molecule has 1 aromatic carbocycles. The lowest BCUT2D eigenvalue weighted by Gasteiger charge is -2.09. The molecule has 0 aliphatic rings. The molecule has 1 aromatic rings. The van der Waals surface area contributed by atoms with E-state index in [1.807, 2.05) is 32.0 Å². The third-order valence-corrected chi connectivity index (χ3v) is 1.86. The van der Waals surface area contributed by atoms with Crippen molar-refractivity contribution in [3.63, 3.8) is 0 Å². The number of thiol groups is 1. The lowest BCUT2D eigenvalue weighted by atomic mass is 10.1. The fourth-order valence-electron chi connectivity index (χ4n) is 1.10. The molecular weight excluding hydrogens is 182 g/mol. The van der Waals surface area contributed by atoms with Crippen LogP contribution < -0.4 is 5.32 Å². The Morgan fingerprint density at radius 2 is 2.08 bits per heavy atom. The molecule has 1 unspecified atom stereocenters. The van der Waals surface area contributed by atoms with Crippen LogP contribution in [0.5, 0.6) is 0 Å². The number of carbonyl (C=O) groups is 1. The number of hydrogen-bond donors (Lipinski definition) is 2. The Bertz CT molecular complexity index is 310. The van der Waals surface area contributed by atoms with Gasteiger partial charge in [-0.05, 0) is 25.5 Å². The molecule has 0 aliphatic heterocycles. The SMILES string of the molecule is Cc1ccccc1C(=O)NC(C)S. The van der Waals surface area contributed by atoms with Gasteiger partial charge in [0.2, 0.25) is 0 Å². The monoisotopic (exact) mass is 195 g/mol. The summed E-state index contributed by atoms with van der Waals surface area (Å²) in [7, 11) is 0. The normalized spacial score (nSPS) is 12.2. The molecule has 2 nitrogen and oxygen atoms in total. The van der Waals surface area contributed by atoms with Crippen LogP contribution in [0.4, 0.5) is 0 Å².